The molecule has 1 unspecified atom stereocenters. The van der Waals surface area contributed by atoms with Crippen LogP contribution < -0.4 is 0 Å². The van der Waals surface area contributed by atoms with Crippen LogP contribution in [0.3, 0.4) is 0 Å². The molecule has 1 aromatic carbocycles. The van der Waals surface area contributed by atoms with E-state index in [2.05, 4.69) is 6.58 Å². The average Bonchev–Trinajstić information content (AvgIpc) is 2.15. The highest BCUT2D eigenvalue weighted by Gasteiger charge is 2.36. The zero-order valence-corrected chi connectivity index (χ0v) is 7.55. The van der Waals surface area contributed by atoms with E-state index < -0.39 is 23.7 Å². The molecule has 1 nitrogen and oxygen atoms in total. The van der Waals surface area contributed by atoms with E-state index in [0.29, 0.717) is 0 Å². The van der Waals surface area contributed by atoms with Crippen molar-refractivity contribution in [3.63, 3.8) is 0 Å². The normalized spacial score (nSPS) is 13.7. The van der Waals surface area contributed by atoms with Gasteiger partial charge in [0.1, 0.15) is 11.9 Å². The Morgan fingerprint density at radius 1 is 1.20 bits per heavy atom. The van der Waals surface area contributed by atoms with Gasteiger partial charge in [-0.05, 0) is 17.7 Å². The third-order valence-corrected chi connectivity index (χ3v) is 1.88. The molecule has 0 aliphatic heterocycles. The van der Waals surface area contributed by atoms with Gasteiger partial charge in [0.2, 0.25) is 0 Å². The van der Waals surface area contributed by atoms with Crippen LogP contribution in [0.5, 0.6) is 0 Å². The van der Waals surface area contributed by atoms with Crippen molar-refractivity contribution in [1.82, 2.24) is 0 Å². The average molecular weight is 220 g/mol. The van der Waals surface area contributed by atoms with E-state index in [0.717, 1.165) is 24.3 Å². The first-order chi connectivity index (χ1) is 6.82. The zero-order valence-electron chi connectivity index (χ0n) is 7.55. The van der Waals surface area contributed by atoms with E-state index in [1.807, 2.05) is 0 Å². The van der Waals surface area contributed by atoms with E-state index in [4.69, 9.17) is 0 Å². The van der Waals surface area contributed by atoms with Gasteiger partial charge in [0, 0.05) is 0 Å². The van der Waals surface area contributed by atoms with Crippen molar-refractivity contribution in [2.75, 3.05) is 0 Å². The van der Waals surface area contributed by atoms with Gasteiger partial charge in [-0.25, -0.2) is 4.39 Å². The van der Waals surface area contributed by atoms with Crippen LogP contribution in [0.1, 0.15) is 11.7 Å². The van der Waals surface area contributed by atoms with E-state index in [1.165, 1.54) is 0 Å². The van der Waals surface area contributed by atoms with Gasteiger partial charge in [-0.2, -0.15) is 13.2 Å². The SMILES string of the molecule is C=C(C(O)c1ccc(F)cc1)C(F)(F)F. The lowest BCUT2D eigenvalue weighted by molar-refractivity contribution is -0.105. The molecule has 1 rings (SSSR count). The number of alkyl halides is 3. The van der Waals surface area contributed by atoms with Crippen LogP contribution in [0.4, 0.5) is 17.6 Å². The highest BCUT2D eigenvalue weighted by Crippen LogP contribution is 2.33. The van der Waals surface area contributed by atoms with E-state index >= 15 is 0 Å². The van der Waals surface area contributed by atoms with Gasteiger partial charge in [0.25, 0.3) is 0 Å². The smallest absolute Gasteiger partial charge is 0.384 e. The van der Waals surface area contributed by atoms with Crippen LogP contribution in [-0.2, 0) is 0 Å². The number of aliphatic hydroxyl groups excluding tert-OH is 1. The van der Waals surface area contributed by atoms with Gasteiger partial charge in [-0.15, -0.1) is 0 Å². The molecule has 0 saturated carbocycles. The molecule has 82 valence electrons. The summed E-state index contributed by atoms with van der Waals surface area (Å²) >= 11 is 0. The Morgan fingerprint density at radius 2 is 1.67 bits per heavy atom. The maximum atomic E-state index is 12.5. The molecule has 0 amide bonds. The number of aliphatic hydroxyl groups is 1. The number of benzene rings is 1. The van der Waals surface area contributed by atoms with Gasteiger partial charge < -0.3 is 5.11 Å². The predicted molar refractivity (Wildman–Crippen MR) is 46.6 cm³/mol. The van der Waals surface area contributed by atoms with Crippen LogP contribution in [0.2, 0.25) is 0 Å². The van der Waals surface area contributed by atoms with Crippen molar-refractivity contribution in [2.45, 2.75) is 12.3 Å². The summed E-state index contributed by atoms with van der Waals surface area (Å²) in [6.07, 6.45) is -6.51. The third-order valence-electron chi connectivity index (χ3n) is 1.88. The van der Waals surface area contributed by atoms with Gasteiger partial charge in [-0.1, -0.05) is 18.7 Å². The fraction of sp³-hybridized carbons (Fsp3) is 0.200. The zero-order chi connectivity index (χ0) is 11.6. The molecule has 0 heterocycles. The minimum Gasteiger partial charge on any atom is -0.384 e. The highest BCUT2D eigenvalue weighted by atomic mass is 19.4. The molecule has 15 heavy (non-hydrogen) atoms. The quantitative estimate of drug-likeness (QED) is 0.600. The second-order valence-corrected chi connectivity index (χ2v) is 2.98. The lowest BCUT2D eigenvalue weighted by atomic mass is 10.0. The van der Waals surface area contributed by atoms with E-state index in [9.17, 15) is 22.7 Å². The van der Waals surface area contributed by atoms with Crippen LogP contribution >= 0.6 is 0 Å². The first-order valence-electron chi connectivity index (χ1n) is 4.02. The van der Waals surface area contributed by atoms with E-state index in [1.54, 1.807) is 0 Å². The molecule has 0 saturated heterocycles. The van der Waals surface area contributed by atoms with Crippen molar-refractivity contribution >= 4 is 0 Å². The molecule has 0 radical (unpaired) electrons. The summed E-state index contributed by atoms with van der Waals surface area (Å²) in [4.78, 5) is 0. The van der Waals surface area contributed by atoms with Gasteiger partial charge in [0.05, 0.1) is 5.57 Å². The highest BCUT2D eigenvalue weighted by molar-refractivity contribution is 5.26. The Hall–Kier alpha value is -1.36. The Kier molecular flexibility index (Phi) is 3.14. The molecule has 0 spiro atoms. The molecule has 0 aliphatic rings. The molecule has 5 heteroatoms. The van der Waals surface area contributed by atoms with Crippen molar-refractivity contribution in [3.05, 3.63) is 47.8 Å². The lowest BCUT2D eigenvalue weighted by Crippen LogP contribution is -2.17. The summed E-state index contributed by atoms with van der Waals surface area (Å²) in [6, 6.07) is 4.11. The Bertz CT molecular complexity index is 353. The number of hydrogen-bond acceptors (Lipinski definition) is 1. The summed E-state index contributed by atoms with van der Waals surface area (Å²) < 4.78 is 48.9. The summed E-state index contributed by atoms with van der Waals surface area (Å²) in [7, 11) is 0. The van der Waals surface area contributed by atoms with Gasteiger partial charge >= 0.3 is 6.18 Å². The third kappa shape index (κ3) is 2.79. The van der Waals surface area contributed by atoms with E-state index in [-0.39, 0.29) is 5.56 Å². The first-order valence-corrected chi connectivity index (χ1v) is 4.02. The van der Waals surface area contributed by atoms with Gasteiger partial charge in [-0.3, -0.25) is 0 Å². The fourth-order valence-corrected chi connectivity index (χ4v) is 1.00. The molecule has 0 bridgehead atoms. The fourth-order valence-electron chi connectivity index (χ4n) is 1.00. The monoisotopic (exact) mass is 220 g/mol. The minimum absolute atomic E-state index is 0.0428. The molecule has 1 N–H and O–H groups in total. The van der Waals surface area contributed by atoms with Gasteiger partial charge in [0.15, 0.2) is 0 Å². The first kappa shape index (κ1) is 11.7. The molecule has 0 fully saturated rings. The van der Waals surface area contributed by atoms with Crippen molar-refractivity contribution in [1.29, 1.82) is 0 Å². The van der Waals surface area contributed by atoms with Crippen LogP contribution in [0.15, 0.2) is 36.4 Å². The Morgan fingerprint density at radius 3 is 2.07 bits per heavy atom. The summed E-state index contributed by atoms with van der Waals surface area (Å²) in [5, 5.41) is 9.27. The second-order valence-electron chi connectivity index (χ2n) is 2.98. The summed E-state index contributed by atoms with van der Waals surface area (Å²) in [5.74, 6) is -0.580. The maximum Gasteiger partial charge on any atom is 0.414 e. The molecular formula is C10H8F4O. The van der Waals surface area contributed by atoms with Crippen LogP contribution in [0.25, 0.3) is 0 Å². The maximum absolute atomic E-state index is 12.5. The molecular weight excluding hydrogens is 212 g/mol. The second kappa shape index (κ2) is 4.02. The standard InChI is InChI=1S/C10H8F4O/c1-6(10(12,13)14)9(15)7-2-4-8(11)5-3-7/h2-5,9,15H,1H2. The van der Waals surface area contributed by atoms with Crippen molar-refractivity contribution in [2.24, 2.45) is 0 Å². The van der Waals surface area contributed by atoms with Crippen molar-refractivity contribution < 1.29 is 22.7 Å². The van der Waals surface area contributed by atoms with Crippen molar-refractivity contribution in [3.8, 4) is 0 Å². The Labute approximate surface area is 83.7 Å². The Balaban J connectivity index is 2.90. The molecule has 1 aromatic rings. The molecule has 0 aromatic heterocycles. The molecule has 1 atom stereocenters. The molecule has 0 aliphatic carbocycles. The van der Waals surface area contributed by atoms with Crippen LogP contribution in [-0.4, -0.2) is 11.3 Å². The number of hydrogen-bond donors (Lipinski definition) is 1. The number of rotatable bonds is 2. The predicted octanol–water partition coefficient (Wildman–Crippen LogP) is 2.98. The minimum atomic E-state index is -4.66. The summed E-state index contributed by atoms with van der Waals surface area (Å²) in [6.45, 7) is 2.76. The van der Waals surface area contributed by atoms with Crippen LogP contribution in [0, 0.1) is 5.82 Å². The largest absolute Gasteiger partial charge is 0.414 e. The number of halogens is 4. The topological polar surface area (TPSA) is 20.2 Å². The lowest BCUT2D eigenvalue weighted by Gasteiger charge is -2.16. The summed E-state index contributed by atoms with van der Waals surface area (Å²) in [5.41, 5.74) is -1.31.